The summed E-state index contributed by atoms with van der Waals surface area (Å²) in [7, 11) is -3.71. The molecular formula is C14H21N3O6S. The number of hydrogen-bond donors (Lipinski definition) is 2. The molecule has 1 saturated heterocycles. The second kappa shape index (κ2) is 6.89. The van der Waals surface area contributed by atoms with Gasteiger partial charge >= 0.3 is 5.97 Å². The van der Waals surface area contributed by atoms with Crippen LogP contribution in [0.4, 0.5) is 0 Å². The molecule has 2 N–H and O–H groups in total. The zero-order valence-electron chi connectivity index (χ0n) is 13.8. The number of rotatable bonds is 5. The highest BCUT2D eigenvalue weighted by atomic mass is 32.2. The third-order valence-corrected chi connectivity index (χ3v) is 6.26. The smallest absolute Gasteiger partial charge is 0.325 e. The fraction of sp³-hybridized carbons (Fsp3) is 0.643. The van der Waals surface area contributed by atoms with Crippen molar-refractivity contribution >= 4 is 21.9 Å². The Morgan fingerprint density at radius 3 is 2.38 bits per heavy atom. The molecule has 0 saturated carbocycles. The molecule has 0 bridgehead atoms. The van der Waals surface area contributed by atoms with Gasteiger partial charge in [-0.1, -0.05) is 5.16 Å². The first kappa shape index (κ1) is 18.4. The molecule has 1 fully saturated rings. The van der Waals surface area contributed by atoms with Gasteiger partial charge < -0.3 is 14.9 Å². The van der Waals surface area contributed by atoms with Crippen LogP contribution < -0.4 is 5.32 Å². The molecule has 0 radical (unpaired) electrons. The zero-order chi connectivity index (χ0) is 18.1. The molecule has 1 aliphatic heterocycles. The topological polar surface area (TPSA) is 130 Å². The van der Waals surface area contributed by atoms with Crippen molar-refractivity contribution in [2.45, 2.75) is 44.6 Å². The van der Waals surface area contributed by atoms with E-state index < -0.39 is 28.0 Å². The van der Waals surface area contributed by atoms with Crippen LogP contribution >= 0.6 is 0 Å². The summed E-state index contributed by atoms with van der Waals surface area (Å²) in [6, 6.07) is -0.971. The predicted molar refractivity (Wildman–Crippen MR) is 82.7 cm³/mol. The highest BCUT2D eigenvalue weighted by molar-refractivity contribution is 7.89. The average Bonchev–Trinajstić information content (AvgIpc) is 2.86. The van der Waals surface area contributed by atoms with Crippen LogP contribution in [0.3, 0.4) is 0 Å². The van der Waals surface area contributed by atoms with Gasteiger partial charge in [0, 0.05) is 19.0 Å². The second-order valence-electron chi connectivity index (χ2n) is 5.90. The lowest BCUT2D eigenvalue weighted by Crippen LogP contribution is -2.46. The van der Waals surface area contributed by atoms with Crippen molar-refractivity contribution in [1.82, 2.24) is 14.8 Å². The number of aromatic nitrogens is 1. The molecule has 1 unspecified atom stereocenters. The molecule has 0 spiro atoms. The number of carboxylic acid groups (broad SMARTS) is 1. The van der Waals surface area contributed by atoms with E-state index in [2.05, 4.69) is 10.5 Å². The van der Waals surface area contributed by atoms with E-state index in [-0.39, 0.29) is 29.7 Å². The third kappa shape index (κ3) is 3.59. The molecule has 2 heterocycles. The Kier molecular flexibility index (Phi) is 5.29. The van der Waals surface area contributed by atoms with Crippen LogP contribution in [-0.2, 0) is 19.6 Å². The first-order valence-electron chi connectivity index (χ1n) is 7.60. The number of carboxylic acids is 1. The van der Waals surface area contributed by atoms with Gasteiger partial charge in [-0.2, -0.15) is 4.31 Å². The Bertz CT molecular complexity index is 714. The normalized spacial score (nSPS) is 18.3. The molecule has 1 amide bonds. The highest BCUT2D eigenvalue weighted by Gasteiger charge is 2.35. The number of carbonyl (C=O) groups excluding carboxylic acids is 1. The van der Waals surface area contributed by atoms with Crippen molar-refractivity contribution in [3.8, 4) is 0 Å². The van der Waals surface area contributed by atoms with Crippen molar-refractivity contribution in [2.24, 2.45) is 5.92 Å². The predicted octanol–water partition coefficient (Wildman–Crippen LogP) is 0.281. The maximum absolute atomic E-state index is 12.7. The number of nitrogens with one attached hydrogen (secondary N) is 1. The van der Waals surface area contributed by atoms with E-state index in [1.54, 1.807) is 13.8 Å². The van der Waals surface area contributed by atoms with Crippen LogP contribution in [0, 0.1) is 19.8 Å². The van der Waals surface area contributed by atoms with Crippen LogP contribution in [0.2, 0.25) is 0 Å². The summed E-state index contributed by atoms with van der Waals surface area (Å²) in [5.41, 5.74) is 0.308. The van der Waals surface area contributed by atoms with Crippen molar-refractivity contribution in [3.63, 3.8) is 0 Å². The largest absolute Gasteiger partial charge is 0.480 e. The number of hydrogen-bond acceptors (Lipinski definition) is 6. The molecule has 1 atom stereocenters. The standard InChI is InChI=1S/C14H21N3O6S/c1-8-12(10(3)23-16-8)24(21,22)17-6-4-11(5-7-17)13(18)15-9(2)14(19)20/h9,11H,4-7H2,1-3H3,(H,15,18)(H,19,20). The van der Waals surface area contributed by atoms with Crippen molar-refractivity contribution in [2.75, 3.05) is 13.1 Å². The van der Waals surface area contributed by atoms with Crippen molar-refractivity contribution in [1.29, 1.82) is 0 Å². The SMILES string of the molecule is Cc1noc(C)c1S(=O)(=O)N1CCC(C(=O)NC(C)C(=O)O)CC1. The van der Waals surface area contributed by atoms with E-state index in [1.807, 2.05) is 0 Å². The van der Waals surface area contributed by atoms with Gasteiger partial charge in [0.1, 0.15) is 16.6 Å². The number of sulfonamides is 1. The fourth-order valence-corrected chi connectivity index (χ4v) is 4.48. The minimum Gasteiger partial charge on any atom is -0.480 e. The summed E-state index contributed by atoms with van der Waals surface area (Å²) in [5.74, 6) is -1.63. The van der Waals surface area contributed by atoms with Crippen LogP contribution in [0.25, 0.3) is 0 Å². The minimum absolute atomic E-state index is 0.0740. The average molecular weight is 359 g/mol. The van der Waals surface area contributed by atoms with E-state index in [0.717, 1.165) is 0 Å². The first-order chi connectivity index (χ1) is 11.1. The van der Waals surface area contributed by atoms with Gasteiger partial charge in [-0.05, 0) is 33.6 Å². The molecule has 10 heteroatoms. The van der Waals surface area contributed by atoms with E-state index in [4.69, 9.17) is 9.63 Å². The summed E-state index contributed by atoms with van der Waals surface area (Å²) in [5, 5.41) is 14.9. The lowest BCUT2D eigenvalue weighted by Gasteiger charge is -2.30. The third-order valence-electron chi connectivity index (χ3n) is 4.12. The Balaban J connectivity index is 2.02. The Hall–Kier alpha value is -1.94. The van der Waals surface area contributed by atoms with E-state index in [9.17, 15) is 18.0 Å². The molecule has 9 nitrogen and oxygen atoms in total. The number of piperidine rings is 1. The summed E-state index contributed by atoms with van der Waals surface area (Å²) in [6.45, 7) is 4.87. The number of nitrogens with zero attached hydrogens (tertiary/aromatic N) is 2. The van der Waals surface area contributed by atoms with Crippen molar-refractivity contribution in [3.05, 3.63) is 11.5 Å². The molecule has 24 heavy (non-hydrogen) atoms. The molecule has 0 aliphatic carbocycles. The molecule has 134 valence electrons. The number of carbonyl (C=O) groups is 2. The van der Waals surface area contributed by atoms with Crippen molar-refractivity contribution < 1.29 is 27.6 Å². The van der Waals surface area contributed by atoms with Gasteiger partial charge in [-0.15, -0.1) is 0 Å². The fourth-order valence-electron chi connectivity index (χ4n) is 2.72. The van der Waals surface area contributed by atoms with Gasteiger partial charge in [0.15, 0.2) is 5.76 Å². The van der Waals surface area contributed by atoms with Gasteiger partial charge in [-0.3, -0.25) is 9.59 Å². The molecule has 1 aromatic heterocycles. The molecule has 0 aromatic carbocycles. The summed E-state index contributed by atoms with van der Waals surface area (Å²) >= 11 is 0. The Morgan fingerprint density at radius 1 is 1.33 bits per heavy atom. The number of amides is 1. The van der Waals surface area contributed by atoms with Gasteiger partial charge in [0.25, 0.3) is 0 Å². The van der Waals surface area contributed by atoms with Crippen LogP contribution in [0.5, 0.6) is 0 Å². The van der Waals surface area contributed by atoms with E-state index >= 15 is 0 Å². The molecule has 2 rings (SSSR count). The van der Waals surface area contributed by atoms with Gasteiger partial charge in [0.05, 0.1) is 0 Å². The quantitative estimate of drug-likeness (QED) is 0.772. The molecule has 1 aromatic rings. The van der Waals surface area contributed by atoms with E-state index in [0.29, 0.717) is 18.5 Å². The second-order valence-corrected chi connectivity index (χ2v) is 7.77. The van der Waals surface area contributed by atoms with E-state index in [1.165, 1.54) is 11.2 Å². The highest BCUT2D eigenvalue weighted by Crippen LogP contribution is 2.27. The lowest BCUT2D eigenvalue weighted by atomic mass is 9.97. The maximum atomic E-state index is 12.7. The van der Waals surface area contributed by atoms with Crippen LogP contribution in [0.15, 0.2) is 9.42 Å². The number of aryl methyl sites for hydroxylation is 2. The number of aliphatic carboxylic acids is 1. The van der Waals surface area contributed by atoms with Gasteiger partial charge in [-0.25, -0.2) is 8.42 Å². The minimum atomic E-state index is -3.71. The van der Waals surface area contributed by atoms with Gasteiger partial charge in [0.2, 0.25) is 15.9 Å². The monoisotopic (exact) mass is 359 g/mol. The maximum Gasteiger partial charge on any atom is 0.325 e. The zero-order valence-corrected chi connectivity index (χ0v) is 14.6. The Morgan fingerprint density at radius 2 is 1.92 bits per heavy atom. The lowest BCUT2D eigenvalue weighted by molar-refractivity contribution is -0.142. The molecular weight excluding hydrogens is 338 g/mol. The van der Waals surface area contributed by atoms with Crippen LogP contribution in [0.1, 0.15) is 31.2 Å². The Labute approximate surface area is 140 Å². The first-order valence-corrected chi connectivity index (χ1v) is 9.04. The summed E-state index contributed by atoms with van der Waals surface area (Å²) in [6.07, 6.45) is 0.668. The van der Waals surface area contributed by atoms with Crippen LogP contribution in [-0.4, -0.2) is 54.0 Å². The molecule has 1 aliphatic rings. The summed E-state index contributed by atoms with van der Waals surface area (Å²) < 4.78 is 31.6. The summed E-state index contributed by atoms with van der Waals surface area (Å²) in [4.78, 5) is 22.9.